The van der Waals surface area contributed by atoms with Gasteiger partial charge in [0.25, 0.3) is 5.91 Å². The number of hydrogen-bond donors (Lipinski definition) is 2. The summed E-state index contributed by atoms with van der Waals surface area (Å²) in [4.78, 5) is 36.6. The summed E-state index contributed by atoms with van der Waals surface area (Å²) in [6.07, 6.45) is -1.25. The molecule has 0 aliphatic carbocycles. The summed E-state index contributed by atoms with van der Waals surface area (Å²) >= 11 is 0. The predicted molar refractivity (Wildman–Crippen MR) is 109 cm³/mol. The molecule has 1 atom stereocenters. The van der Waals surface area contributed by atoms with Crippen molar-refractivity contribution >= 4 is 17.9 Å². The number of imide groups is 1. The number of rotatable bonds is 5. The Hall–Kier alpha value is -3.93. The van der Waals surface area contributed by atoms with Gasteiger partial charge >= 0.3 is 12.0 Å². The molecule has 0 aliphatic rings. The van der Waals surface area contributed by atoms with Gasteiger partial charge in [-0.25, -0.2) is 9.59 Å². The first-order chi connectivity index (χ1) is 14.1. The van der Waals surface area contributed by atoms with Gasteiger partial charge < -0.3 is 10.1 Å². The maximum Gasteiger partial charge on any atom is 0.339 e. The van der Waals surface area contributed by atoms with Gasteiger partial charge in [0, 0.05) is 12.6 Å². The highest BCUT2D eigenvalue weighted by Gasteiger charge is 2.26. The molecule has 146 valence electrons. The highest BCUT2D eigenvalue weighted by atomic mass is 16.5. The third kappa shape index (κ3) is 5.07. The van der Waals surface area contributed by atoms with Crippen LogP contribution in [0.2, 0.25) is 0 Å². The summed E-state index contributed by atoms with van der Waals surface area (Å²) in [5.74, 6) is -1.39. The molecule has 0 fully saturated rings. The van der Waals surface area contributed by atoms with E-state index in [1.807, 2.05) is 42.5 Å². The number of urea groups is 1. The molecule has 0 heterocycles. The highest BCUT2D eigenvalue weighted by Crippen LogP contribution is 2.22. The Morgan fingerprint density at radius 3 is 1.90 bits per heavy atom. The van der Waals surface area contributed by atoms with Crippen LogP contribution < -0.4 is 10.6 Å². The van der Waals surface area contributed by atoms with E-state index in [0.717, 1.165) is 11.1 Å². The number of amides is 3. The lowest BCUT2D eigenvalue weighted by Gasteiger charge is -2.17. The Morgan fingerprint density at radius 2 is 1.31 bits per heavy atom. The van der Waals surface area contributed by atoms with Gasteiger partial charge in [-0.15, -0.1) is 0 Å². The van der Waals surface area contributed by atoms with Crippen molar-refractivity contribution in [3.63, 3.8) is 0 Å². The summed E-state index contributed by atoms with van der Waals surface area (Å²) in [7, 11) is 1.39. The fourth-order valence-electron chi connectivity index (χ4n) is 2.75. The summed E-state index contributed by atoms with van der Waals surface area (Å²) < 4.78 is 5.44. The quantitative estimate of drug-likeness (QED) is 0.653. The van der Waals surface area contributed by atoms with Gasteiger partial charge in [-0.3, -0.25) is 10.1 Å². The molecule has 3 amide bonds. The van der Waals surface area contributed by atoms with Crippen molar-refractivity contribution in [2.75, 3.05) is 7.05 Å². The lowest BCUT2D eigenvalue weighted by Crippen LogP contribution is -2.41. The van der Waals surface area contributed by atoms with Crippen LogP contribution >= 0.6 is 0 Å². The SMILES string of the molecule is CNC(=O)NC(=O)[C@@H](OC(=O)c1ccc(-c2ccccc2)cc1)c1ccccc1. The summed E-state index contributed by atoms with van der Waals surface area (Å²) in [5.41, 5.74) is 2.75. The zero-order chi connectivity index (χ0) is 20.6. The van der Waals surface area contributed by atoms with Crippen LogP contribution in [0.4, 0.5) is 4.79 Å². The van der Waals surface area contributed by atoms with Crippen LogP contribution in [0.15, 0.2) is 84.9 Å². The molecule has 6 nitrogen and oxygen atoms in total. The Bertz CT molecular complexity index is 986. The van der Waals surface area contributed by atoms with Crippen LogP contribution in [0, 0.1) is 0 Å². The summed E-state index contributed by atoms with van der Waals surface area (Å²) in [6.45, 7) is 0. The van der Waals surface area contributed by atoms with Crippen molar-refractivity contribution in [1.29, 1.82) is 0 Å². The highest BCUT2D eigenvalue weighted by molar-refractivity contribution is 5.99. The van der Waals surface area contributed by atoms with E-state index in [2.05, 4.69) is 10.6 Å². The van der Waals surface area contributed by atoms with Gasteiger partial charge in [-0.2, -0.15) is 0 Å². The van der Waals surface area contributed by atoms with Crippen molar-refractivity contribution in [2.24, 2.45) is 0 Å². The molecule has 3 aromatic carbocycles. The van der Waals surface area contributed by atoms with E-state index in [1.54, 1.807) is 42.5 Å². The zero-order valence-electron chi connectivity index (χ0n) is 15.8. The standard InChI is InChI=1S/C23H20N2O4/c1-24-23(28)25-21(26)20(18-10-6-3-7-11-18)29-22(27)19-14-12-17(13-15-19)16-8-4-2-5-9-16/h2-15,20H,1H3,(H2,24,25,26,28)/t20-/m0/s1. The molecule has 0 bridgehead atoms. The van der Waals surface area contributed by atoms with Crippen molar-refractivity contribution in [3.8, 4) is 11.1 Å². The Balaban J connectivity index is 1.79. The van der Waals surface area contributed by atoms with Crippen LogP contribution in [0.3, 0.4) is 0 Å². The molecule has 0 unspecified atom stereocenters. The van der Waals surface area contributed by atoms with Gasteiger partial charge in [-0.1, -0.05) is 72.8 Å². The van der Waals surface area contributed by atoms with E-state index in [1.165, 1.54) is 7.05 Å². The number of nitrogens with one attached hydrogen (secondary N) is 2. The minimum atomic E-state index is -1.25. The molecule has 0 aromatic heterocycles. The number of carbonyl (C=O) groups excluding carboxylic acids is 3. The fraction of sp³-hybridized carbons (Fsp3) is 0.0870. The normalized spacial score (nSPS) is 11.2. The predicted octanol–water partition coefficient (Wildman–Crippen LogP) is 3.71. The van der Waals surface area contributed by atoms with Gasteiger partial charge in [0.2, 0.25) is 6.10 Å². The first-order valence-corrected chi connectivity index (χ1v) is 9.02. The van der Waals surface area contributed by atoms with Crippen LogP contribution in [0.25, 0.3) is 11.1 Å². The smallest absolute Gasteiger partial charge is 0.339 e. The molecule has 3 aromatic rings. The molecule has 3 rings (SSSR count). The van der Waals surface area contributed by atoms with Gasteiger partial charge in [0.1, 0.15) is 0 Å². The Labute approximate surface area is 168 Å². The molecule has 0 radical (unpaired) electrons. The number of benzene rings is 3. The average Bonchev–Trinajstić information content (AvgIpc) is 2.78. The minimum Gasteiger partial charge on any atom is -0.444 e. The molecule has 29 heavy (non-hydrogen) atoms. The molecule has 0 aliphatic heterocycles. The second-order valence-electron chi connectivity index (χ2n) is 6.21. The maximum atomic E-state index is 12.6. The van der Waals surface area contributed by atoms with Crippen molar-refractivity contribution in [2.45, 2.75) is 6.10 Å². The second kappa shape index (κ2) is 9.32. The lowest BCUT2D eigenvalue weighted by molar-refractivity contribution is -0.129. The summed E-state index contributed by atoms with van der Waals surface area (Å²) in [5, 5.41) is 4.45. The van der Waals surface area contributed by atoms with E-state index in [4.69, 9.17) is 4.74 Å². The number of hydrogen-bond acceptors (Lipinski definition) is 4. The molecule has 0 spiro atoms. The topological polar surface area (TPSA) is 84.5 Å². The summed E-state index contributed by atoms with van der Waals surface area (Å²) in [6, 6.07) is 24.5. The lowest BCUT2D eigenvalue weighted by atomic mass is 10.0. The van der Waals surface area contributed by atoms with Crippen LogP contribution in [0.1, 0.15) is 22.0 Å². The van der Waals surface area contributed by atoms with Gasteiger partial charge in [-0.05, 0) is 23.3 Å². The molecule has 6 heteroatoms. The Morgan fingerprint density at radius 1 is 0.759 bits per heavy atom. The number of carbonyl (C=O) groups is 3. The largest absolute Gasteiger partial charge is 0.444 e. The van der Waals surface area contributed by atoms with E-state index in [-0.39, 0.29) is 0 Å². The molecular weight excluding hydrogens is 368 g/mol. The number of esters is 1. The maximum absolute atomic E-state index is 12.6. The van der Waals surface area contributed by atoms with E-state index >= 15 is 0 Å². The average molecular weight is 388 g/mol. The van der Waals surface area contributed by atoms with Crippen LogP contribution in [0.5, 0.6) is 0 Å². The first kappa shape index (κ1) is 19.8. The van der Waals surface area contributed by atoms with Crippen molar-refractivity contribution in [1.82, 2.24) is 10.6 Å². The molecular formula is C23H20N2O4. The van der Waals surface area contributed by atoms with Gasteiger partial charge in [0.15, 0.2) is 0 Å². The van der Waals surface area contributed by atoms with Crippen molar-refractivity contribution < 1.29 is 19.1 Å². The van der Waals surface area contributed by atoms with E-state index in [9.17, 15) is 14.4 Å². The molecule has 2 N–H and O–H groups in total. The number of ether oxygens (including phenoxy) is 1. The van der Waals surface area contributed by atoms with Crippen molar-refractivity contribution in [3.05, 3.63) is 96.1 Å². The van der Waals surface area contributed by atoms with Crippen LogP contribution in [-0.4, -0.2) is 25.0 Å². The zero-order valence-corrected chi connectivity index (χ0v) is 15.8. The fourth-order valence-corrected chi connectivity index (χ4v) is 2.75. The Kier molecular flexibility index (Phi) is 6.37. The van der Waals surface area contributed by atoms with Gasteiger partial charge in [0.05, 0.1) is 5.56 Å². The molecule has 0 saturated heterocycles. The third-order valence-corrected chi connectivity index (χ3v) is 4.26. The minimum absolute atomic E-state index is 0.304. The third-order valence-electron chi connectivity index (χ3n) is 4.26. The van der Waals surface area contributed by atoms with E-state index in [0.29, 0.717) is 11.1 Å². The monoisotopic (exact) mass is 388 g/mol. The first-order valence-electron chi connectivity index (χ1n) is 9.02. The second-order valence-corrected chi connectivity index (χ2v) is 6.21. The molecule has 0 saturated carbocycles. The van der Waals surface area contributed by atoms with Crippen LogP contribution in [-0.2, 0) is 9.53 Å². The van der Waals surface area contributed by atoms with E-state index < -0.39 is 24.0 Å².